The van der Waals surface area contributed by atoms with E-state index in [1.165, 1.54) is 0 Å². The van der Waals surface area contributed by atoms with Crippen LogP contribution in [0.15, 0.2) is 42.5 Å². The van der Waals surface area contributed by atoms with Crippen LogP contribution >= 0.6 is 0 Å². The number of phenols is 1. The SMILES string of the molecule is Cc1ccc2c(N3CC(CNC(=O)OCC(C)C)C3)nc(-c3ccccc3O)nc2c1.[HH]. The zero-order valence-corrected chi connectivity index (χ0v) is 18.1. The van der Waals surface area contributed by atoms with E-state index in [1.807, 2.05) is 45.0 Å². The molecule has 1 amide bonds. The van der Waals surface area contributed by atoms with Crippen molar-refractivity contribution in [3.8, 4) is 17.1 Å². The standard InChI is InChI=1S/C24H28N4O3.H2/c1-15(2)14-31-24(30)25-11-17-12-28(13-17)23-18-9-8-16(3)10-20(18)26-22(27-23)19-6-4-5-7-21(19)29;/h4-10,15,17,29H,11-14H2,1-3H3,(H,25,30);1H. The highest BCUT2D eigenvalue weighted by atomic mass is 16.5. The third kappa shape index (κ3) is 4.71. The minimum atomic E-state index is -0.364. The number of anilines is 1. The third-order valence-corrected chi connectivity index (χ3v) is 5.32. The molecule has 0 aliphatic carbocycles. The van der Waals surface area contributed by atoms with Gasteiger partial charge in [0, 0.05) is 32.4 Å². The Balaban J connectivity index is 0.00000289. The van der Waals surface area contributed by atoms with Crippen LogP contribution in [-0.4, -0.2) is 47.4 Å². The molecule has 1 aliphatic heterocycles. The Morgan fingerprint density at radius 1 is 1.26 bits per heavy atom. The molecule has 0 saturated carbocycles. The molecule has 164 valence electrons. The van der Waals surface area contributed by atoms with Gasteiger partial charge in [-0.3, -0.25) is 0 Å². The summed E-state index contributed by atoms with van der Waals surface area (Å²) in [5.74, 6) is 2.16. The predicted octanol–water partition coefficient (Wildman–Crippen LogP) is 4.38. The lowest BCUT2D eigenvalue weighted by atomic mass is 9.99. The van der Waals surface area contributed by atoms with Crippen LogP contribution in [0.2, 0.25) is 0 Å². The molecular formula is C24H30N4O3. The number of alkyl carbamates (subject to hydrolysis) is 1. The lowest BCUT2D eigenvalue weighted by Gasteiger charge is -2.40. The molecule has 7 nitrogen and oxygen atoms in total. The second-order valence-corrected chi connectivity index (χ2v) is 8.55. The summed E-state index contributed by atoms with van der Waals surface area (Å²) in [6, 6.07) is 13.2. The molecule has 4 rings (SSSR count). The van der Waals surface area contributed by atoms with Gasteiger partial charge in [0.15, 0.2) is 5.82 Å². The fraction of sp³-hybridized carbons (Fsp3) is 0.375. The Labute approximate surface area is 183 Å². The Kier molecular flexibility index (Phi) is 5.93. The molecule has 1 saturated heterocycles. The monoisotopic (exact) mass is 422 g/mol. The number of hydrogen-bond donors (Lipinski definition) is 2. The quantitative estimate of drug-likeness (QED) is 0.613. The fourth-order valence-electron chi connectivity index (χ4n) is 3.64. The van der Waals surface area contributed by atoms with Crippen LogP contribution in [0.1, 0.15) is 20.8 Å². The zero-order valence-electron chi connectivity index (χ0n) is 18.1. The predicted molar refractivity (Wildman–Crippen MR) is 123 cm³/mol. The maximum Gasteiger partial charge on any atom is 0.407 e. The highest BCUT2D eigenvalue weighted by molar-refractivity contribution is 5.92. The van der Waals surface area contributed by atoms with Gasteiger partial charge in [0.05, 0.1) is 17.7 Å². The molecule has 2 aromatic carbocycles. The van der Waals surface area contributed by atoms with Crippen LogP contribution in [0.4, 0.5) is 10.6 Å². The zero-order chi connectivity index (χ0) is 22.0. The number of aromatic hydroxyl groups is 1. The first-order valence-corrected chi connectivity index (χ1v) is 10.6. The first kappa shape index (κ1) is 20.9. The molecule has 1 fully saturated rings. The van der Waals surface area contributed by atoms with Gasteiger partial charge in [0.2, 0.25) is 0 Å². The minimum absolute atomic E-state index is 0. The summed E-state index contributed by atoms with van der Waals surface area (Å²) in [5, 5.41) is 14.1. The number of benzene rings is 2. The number of aromatic nitrogens is 2. The van der Waals surface area contributed by atoms with Gasteiger partial charge in [0.25, 0.3) is 0 Å². The summed E-state index contributed by atoms with van der Waals surface area (Å²) in [5.41, 5.74) is 2.58. The van der Waals surface area contributed by atoms with Gasteiger partial charge >= 0.3 is 6.09 Å². The number of nitrogens with zero attached hydrogens (tertiary/aromatic N) is 3. The van der Waals surface area contributed by atoms with Crippen LogP contribution in [-0.2, 0) is 4.74 Å². The Hall–Kier alpha value is -3.35. The van der Waals surface area contributed by atoms with Crippen molar-refractivity contribution < 1.29 is 16.1 Å². The van der Waals surface area contributed by atoms with E-state index in [-0.39, 0.29) is 13.3 Å². The van der Waals surface area contributed by atoms with Crippen LogP contribution in [0.3, 0.4) is 0 Å². The minimum Gasteiger partial charge on any atom is -0.507 e. The van der Waals surface area contributed by atoms with Crippen LogP contribution in [0.25, 0.3) is 22.3 Å². The van der Waals surface area contributed by atoms with E-state index >= 15 is 0 Å². The van der Waals surface area contributed by atoms with Crippen LogP contribution in [0.5, 0.6) is 5.75 Å². The molecule has 2 N–H and O–H groups in total. The van der Waals surface area contributed by atoms with Crippen molar-refractivity contribution >= 4 is 22.8 Å². The molecular weight excluding hydrogens is 392 g/mol. The summed E-state index contributed by atoms with van der Waals surface area (Å²) in [7, 11) is 0. The van der Waals surface area contributed by atoms with Crippen molar-refractivity contribution in [3.63, 3.8) is 0 Å². The van der Waals surface area contributed by atoms with Crippen molar-refractivity contribution in [1.29, 1.82) is 0 Å². The van der Waals surface area contributed by atoms with E-state index in [2.05, 4.69) is 16.3 Å². The van der Waals surface area contributed by atoms with Gasteiger partial charge < -0.3 is 20.1 Å². The van der Waals surface area contributed by atoms with Gasteiger partial charge in [-0.15, -0.1) is 0 Å². The first-order chi connectivity index (χ1) is 14.9. The maximum absolute atomic E-state index is 11.8. The molecule has 3 aromatic rings. The number of phenolic OH excluding ortho intramolecular Hbond substituents is 1. The molecule has 0 spiro atoms. The molecule has 31 heavy (non-hydrogen) atoms. The van der Waals surface area contributed by atoms with E-state index in [0.717, 1.165) is 35.4 Å². The van der Waals surface area contributed by atoms with Crippen molar-refractivity contribution in [1.82, 2.24) is 15.3 Å². The number of nitrogens with one attached hydrogen (secondary N) is 1. The normalized spacial score (nSPS) is 14.0. The van der Waals surface area contributed by atoms with Crippen molar-refractivity contribution in [2.24, 2.45) is 11.8 Å². The average molecular weight is 423 g/mol. The highest BCUT2D eigenvalue weighted by Gasteiger charge is 2.30. The number of carbonyl (C=O) groups excluding carboxylic acids is 1. The first-order valence-electron chi connectivity index (χ1n) is 10.6. The average Bonchev–Trinajstić information content (AvgIpc) is 2.70. The molecule has 1 aliphatic rings. The second-order valence-electron chi connectivity index (χ2n) is 8.55. The van der Waals surface area contributed by atoms with Crippen molar-refractivity contribution in [2.45, 2.75) is 20.8 Å². The lowest BCUT2D eigenvalue weighted by molar-refractivity contribution is 0.131. The van der Waals surface area contributed by atoms with E-state index in [9.17, 15) is 9.90 Å². The van der Waals surface area contributed by atoms with Gasteiger partial charge in [0.1, 0.15) is 11.6 Å². The molecule has 0 unspecified atom stereocenters. The fourth-order valence-corrected chi connectivity index (χ4v) is 3.64. The summed E-state index contributed by atoms with van der Waals surface area (Å²) < 4.78 is 5.17. The number of ether oxygens (including phenoxy) is 1. The molecule has 0 radical (unpaired) electrons. The number of para-hydroxylation sites is 1. The second kappa shape index (κ2) is 8.79. The molecule has 2 heterocycles. The number of rotatable bonds is 6. The van der Waals surface area contributed by atoms with Crippen molar-refractivity contribution in [2.75, 3.05) is 31.1 Å². The van der Waals surface area contributed by atoms with E-state index < -0.39 is 0 Å². The number of hydrogen-bond acceptors (Lipinski definition) is 6. The number of aryl methyl sites for hydroxylation is 1. The largest absolute Gasteiger partial charge is 0.507 e. The van der Waals surface area contributed by atoms with E-state index in [1.54, 1.807) is 12.1 Å². The molecule has 7 heteroatoms. The van der Waals surface area contributed by atoms with Crippen LogP contribution < -0.4 is 10.2 Å². The molecule has 0 atom stereocenters. The number of amides is 1. The summed E-state index contributed by atoms with van der Waals surface area (Å²) >= 11 is 0. The van der Waals surface area contributed by atoms with Gasteiger partial charge in [-0.25, -0.2) is 14.8 Å². The maximum atomic E-state index is 11.8. The van der Waals surface area contributed by atoms with E-state index in [4.69, 9.17) is 14.7 Å². The topological polar surface area (TPSA) is 87.6 Å². The third-order valence-electron chi connectivity index (χ3n) is 5.32. The summed E-state index contributed by atoms with van der Waals surface area (Å²) in [6.07, 6.45) is -0.364. The number of carbonyl (C=O) groups is 1. The van der Waals surface area contributed by atoms with Gasteiger partial charge in [-0.2, -0.15) is 0 Å². The smallest absolute Gasteiger partial charge is 0.407 e. The van der Waals surface area contributed by atoms with Gasteiger partial charge in [-0.1, -0.05) is 32.0 Å². The Morgan fingerprint density at radius 3 is 2.77 bits per heavy atom. The van der Waals surface area contributed by atoms with E-state index in [0.29, 0.717) is 36.4 Å². The molecule has 1 aromatic heterocycles. The van der Waals surface area contributed by atoms with Crippen LogP contribution in [0, 0.1) is 18.8 Å². The summed E-state index contributed by atoms with van der Waals surface area (Å²) in [6.45, 7) is 8.61. The molecule has 0 bridgehead atoms. The lowest BCUT2D eigenvalue weighted by Crippen LogP contribution is -2.52. The Bertz CT molecular complexity index is 1100. The van der Waals surface area contributed by atoms with Gasteiger partial charge in [-0.05, 0) is 42.7 Å². The number of fused-ring (bicyclic) bond motifs is 1. The van der Waals surface area contributed by atoms with Crippen molar-refractivity contribution in [3.05, 3.63) is 48.0 Å². The Morgan fingerprint density at radius 2 is 2.03 bits per heavy atom. The highest BCUT2D eigenvalue weighted by Crippen LogP contribution is 2.34. The summed E-state index contributed by atoms with van der Waals surface area (Å²) in [4.78, 5) is 23.5.